The van der Waals surface area contributed by atoms with Crippen LogP contribution in [0.3, 0.4) is 0 Å². The molecule has 1 aromatic carbocycles. The number of phenolic OH excluding ortho intramolecular Hbond substituents is 2. The fourth-order valence-electron chi connectivity index (χ4n) is 2.11. The summed E-state index contributed by atoms with van der Waals surface area (Å²) >= 11 is -0.553. The first-order chi connectivity index (χ1) is 11.4. The minimum atomic E-state index is -1.59. The van der Waals surface area contributed by atoms with Gasteiger partial charge in [0.1, 0.15) is 0 Å². The minimum Gasteiger partial charge on any atom is -0.504 e. The summed E-state index contributed by atoms with van der Waals surface area (Å²) in [6, 6.07) is 4.34. The Morgan fingerprint density at radius 3 is 2.54 bits per heavy atom. The van der Waals surface area contributed by atoms with Gasteiger partial charge in [-0.1, -0.05) is 6.07 Å². The molecule has 0 radical (unpaired) electrons. The topological polar surface area (TPSA) is 124 Å². The number of hydrogen-bond acceptors (Lipinski definition) is 7. The molecule has 0 aliphatic rings. The Kier molecular flexibility index (Phi) is 8.87. The Bertz CT molecular complexity index is 598. The molecule has 134 valence electrons. The largest absolute Gasteiger partial charge is 0.504 e. The molecule has 1 rings (SSSR count). The van der Waals surface area contributed by atoms with E-state index in [2.05, 4.69) is 0 Å². The van der Waals surface area contributed by atoms with Gasteiger partial charge >= 0.3 is 5.97 Å². The highest BCUT2D eigenvalue weighted by Crippen LogP contribution is 2.25. The zero-order chi connectivity index (χ0) is 18.1. The number of phenols is 2. The Balaban J connectivity index is 2.53. The fourth-order valence-corrected chi connectivity index (χ4v) is 3.72. The molecule has 24 heavy (non-hydrogen) atoms. The van der Waals surface area contributed by atoms with Crippen LogP contribution in [-0.4, -0.2) is 54.0 Å². The summed E-state index contributed by atoms with van der Waals surface area (Å²) in [5.41, 5.74) is 0.694. The van der Waals surface area contributed by atoms with Crippen molar-refractivity contribution >= 4 is 36.5 Å². The summed E-state index contributed by atoms with van der Waals surface area (Å²) in [6.45, 7) is 0.0784. The van der Waals surface area contributed by atoms with Crippen molar-refractivity contribution in [3.05, 3.63) is 23.8 Å². The van der Waals surface area contributed by atoms with Gasteiger partial charge in [-0.2, -0.15) is 0 Å². The molecule has 0 heterocycles. The first-order valence-corrected chi connectivity index (χ1v) is 10.4. The number of ether oxygens (including phenoxy) is 1. The number of aromatic hydroxyl groups is 2. The number of halogens is 1. The molecule has 0 spiro atoms. The lowest BCUT2D eigenvalue weighted by Crippen LogP contribution is -2.24. The molecule has 0 unspecified atom stereocenters. The highest BCUT2D eigenvalue weighted by Gasteiger charge is 2.21. The number of hydrogen-bond donors (Lipinski definition) is 4. The maximum Gasteiger partial charge on any atom is 0.306 e. The molecule has 0 saturated heterocycles. The van der Waals surface area contributed by atoms with Gasteiger partial charge in [-0.15, -0.1) is 20.7 Å². The van der Waals surface area contributed by atoms with Gasteiger partial charge in [0.2, 0.25) is 0 Å². The number of alkyl halides is 1. The van der Waals surface area contributed by atoms with E-state index in [0.29, 0.717) is 21.8 Å². The molecular formula is C16H21IO7. The standard InChI is InChI=1S/C16H21IO7/c1-17-12(9-18)11(7-15(21)22)8-16(23)24-5-4-10-2-3-13(19)14(20)6-10/h2-3,6,9,11,15,19-22H,4-5,7-8H2,1H3/t11-/m0/s1. The summed E-state index contributed by atoms with van der Waals surface area (Å²) in [5, 5.41) is 36.8. The lowest BCUT2D eigenvalue weighted by Gasteiger charge is -2.16. The van der Waals surface area contributed by atoms with Crippen molar-refractivity contribution in [1.29, 1.82) is 0 Å². The average molecular weight is 452 g/mol. The Hall–Kier alpha value is -1.52. The van der Waals surface area contributed by atoms with Gasteiger partial charge in [0, 0.05) is 22.3 Å². The molecule has 0 amide bonds. The van der Waals surface area contributed by atoms with Gasteiger partial charge in [0.05, 0.1) is 13.0 Å². The van der Waals surface area contributed by atoms with Crippen molar-refractivity contribution in [2.45, 2.75) is 25.6 Å². The van der Waals surface area contributed by atoms with E-state index in [1.165, 1.54) is 12.1 Å². The number of aldehydes is 1. The molecule has 0 aliphatic heterocycles. The first kappa shape index (κ1) is 20.5. The fraction of sp³-hybridized carbons (Fsp3) is 0.438. The molecule has 0 fully saturated rings. The number of aliphatic hydroxyl groups is 2. The summed E-state index contributed by atoms with van der Waals surface area (Å²) in [5.74, 6) is -1.51. The van der Waals surface area contributed by atoms with Crippen molar-refractivity contribution in [2.24, 2.45) is 5.92 Å². The predicted octanol–water partition coefficient (Wildman–Crippen LogP) is 0.862. The number of carbonyl (C=O) groups is 2. The molecule has 7 nitrogen and oxygen atoms in total. The predicted molar refractivity (Wildman–Crippen MR) is 96.4 cm³/mol. The zero-order valence-corrected chi connectivity index (χ0v) is 15.3. The minimum absolute atomic E-state index is 0.0784. The third-order valence-corrected chi connectivity index (χ3v) is 5.70. The molecule has 0 bridgehead atoms. The number of carbonyl (C=O) groups excluding carboxylic acids is 2. The van der Waals surface area contributed by atoms with Crippen LogP contribution < -0.4 is 0 Å². The molecule has 0 aliphatic carbocycles. The molecular weight excluding hydrogens is 431 g/mol. The summed E-state index contributed by atoms with van der Waals surface area (Å²) in [6.07, 6.45) is -0.707. The smallest absolute Gasteiger partial charge is 0.306 e. The highest BCUT2D eigenvalue weighted by molar-refractivity contribution is 14.2. The number of aliphatic hydroxyl groups excluding tert-OH is 1. The SMILES string of the molecule is CI=C(C=O)[C@H](CC(=O)OCCc1ccc(O)c(O)c1)CC(O)O. The van der Waals surface area contributed by atoms with E-state index in [4.69, 9.17) is 14.9 Å². The monoisotopic (exact) mass is 452 g/mol. The van der Waals surface area contributed by atoms with Crippen molar-refractivity contribution in [3.63, 3.8) is 0 Å². The second-order valence-electron chi connectivity index (χ2n) is 5.10. The normalized spacial score (nSPS) is 13.2. The van der Waals surface area contributed by atoms with Crippen LogP contribution in [0.15, 0.2) is 18.2 Å². The van der Waals surface area contributed by atoms with Crippen LogP contribution in [0.25, 0.3) is 0 Å². The van der Waals surface area contributed by atoms with Gasteiger partial charge in [-0.05, 0) is 22.6 Å². The molecule has 0 aromatic heterocycles. The first-order valence-electron chi connectivity index (χ1n) is 7.21. The van der Waals surface area contributed by atoms with E-state index in [1.807, 2.05) is 4.93 Å². The summed E-state index contributed by atoms with van der Waals surface area (Å²) in [7, 11) is 0. The van der Waals surface area contributed by atoms with Crippen LogP contribution >= 0.6 is 20.7 Å². The summed E-state index contributed by atoms with van der Waals surface area (Å²) in [4.78, 5) is 24.8. The van der Waals surface area contributed by atoms with E-state index in [9.17, 15) is 19.8 Å². The molecule has 1 aromatic rings. The van der Waals surface area contributed by atoms with E-state index in [-0.39, 0.29) is 30.9 Å². The van der Waals surface area contributed by atoms with Crippen LogP contribution in [0.5, 0.6) is 11.5 Å². The Morgan fingerprint density at radius 1 is 1.29 bits per heavy atom. The zero-order valence-electron chi connectivity index (χ0n) is 13.2. The maximum atomic E-state index is 11.9. The van der Waals surface area contributed by atoms with Gasteiger partial charge < -0.3 is 25.2 Å². The van der Waals surface area contributed by atoms with Crippen molar-refractivity contribution in [2.75, 3.05) is 11.5 Å². The molecule has 4 N–H and O–H groups in total. The number of benzene rings is 1. The second-order valence-corrected chi connectivity index (χ2v) is 7.43. The number of rotatable bonds is 9. The van der Waals surface area contributed by atoms with Gasteiger partial charge in [-0.3, -0.25) is 9.59 Å². The Labute approximate surface area is 149 Å². The van der Waals surface area contributed by atoms with E-state index >= 15 is 0 Å². The van der Waals surface area contributed by atoms with Gasteiger partial charge in [0.15, 0.2) is 24.1 Å². The van der Waals surface area contributed by atoms with Crippen LogP contribution in [0.4, 0.5) is 0 Å². The van der Waals surface area contributed by atoms with Crippen LogP contribution in [-0.2, 0) is 20.7 Å². The molecule has 0 saturated carbocycles. The highest BCUT2D eigenvalue weighted by atomic mass is 127. The lowest BCUT2D eigenvalue weighted by molar-refractivity contribution is -0.144. The van der Waals surface area contributed by atoms with Crippen molar-refractivity contribution < 1.29 is 34.8 Å². The van der Waals surface area contributed by atoms with E-state index < -0.39 is 38.9 Å². The quantitative estimate of drug-likeness (QED) is 0.109. The van der Waals surface area contributed by atoms with Crippen LogP contribution in [0, 0.1) is 5.92 Å². The van der Waals surface area contributed by atoms with E-state index in [1.54, 1.807) is 6.07 Å². The lowest BCUT2D eigenvalue weighted by atomic mass is 9.98. The Morgan fingerprint density at radius 2 is 2.00 bits per heavy atom. The van der Waals surface area contributed by atoms with Gasteiger partial charge in [-0.25, -0.2) is 0 Å². The van der Waals surface area contributed by atoms with Crippen LogP contribution in [0.1, 0.15) is 18.4 Å². The summed E-state index contributed by atoms with van der Waals surface area (Å²) < 4.78 is 5.65. The third-order valence-electron chi connectivity index (χ3n) is 3.32. The molecule has 8 heteroatoms. The maximum absolute atomic E-state index is 11.9. The van der Waals surface area contributed by atoms with Crippen molar-refractivity contribution in [1.82, 2.24) is 0 Å². The molecule has 1 atom stereocenters. The van der Waals surface area contributed by atoms with Gasteiger partial charge in [0.25, 0.3) is 0 Å². The third kappa shape index (κ3) is 6.93. The number of esters is 1. The van der Waals surface area contributed by atoms with Crippen LogP contribution in [0.2, 0.25) is 0 Å². The second kappa shape index (κ2) is 10.4. The average Bonchev–Trinajstić information content (AvgIpc) is 2.51. The van der Waals surface area contributed by atoms with Crippen molar-refractivity contribution in [3.8, 4) is 11.5 Å². The van der Waals surface area contributed by atoms with E-state index in [0.717, 1.165) is 0 Å².